The summed E-state index contributed by atoms with van der Waals surface area (Å²) in [4.78, 5) is 30.6. The second-order valence-corrected chi connectivity index (χ2v) is 6.32. The van der Waals surface area contributed by atoms with Gasteiger partial charge in [0.2, 0.25) is 5.91 Å². The van der Waals surface area contributed by atoms with Crippen molar-refractivity contribution in [3.05, 3.63) is 28.1 Å². The number of hydrogen-bond acceptors (Lipinski definition) is 4. The maximum absolute atomic E-state index is 12.3. The molecular weight excluding hydrogens is 274 g/mol. The van der Waals surface area contributed by atoms with Gasteiger partial charge in [-0.2, -0.15) is 0 Å². The molecule has 1 atom stereocenters. The van der Waals surface area contributed by atoms with Gasteiger partial charge < -0.3 is 4.90 Å². The van der Waals surface area contributed by atoms with Gasteiger partial charge in [0.25, 0.3) is 5.56 Å². The molecule has 0 aliphatic carbocycles. The van der Waals surface area contributed by atoms with Crippen LogP contribution in [-0.2, 0) is 11.3 Å². The van der Waals surface area contributed by atoms with Gasteiger partial charge in [0.1, 0.15) is 11.2 Å². The van der Waals surface area contributed by atoms with Crippen LogP contribution in [0.4, 0.5) is 0 Å². The summed E-state index contributed by atoms with van der Waals surface area (Å²) in [5, 5.41) is 1.84. The van der Waals surface area contributed by atoms with Crippen LogP contribution in [0.15, 0.2) is 22.6 Å². The lowest BCUT2D eigenvalue weighted by Crippen LogP contribution is -2.42. The second-order valence-electron chi connectivity index (χ2n) is 5.40. The summed E-state index contributed by atoms with van der Waals surface area (Å²) < 4.78 is 2.03. The molecule has 20 heavy (non-hydrogen) atoms. The Labute approximate surface area is 120 Å². The van der Waals surface area contributed by atoms with Crippen LogP contribution in [-0.4, -0.2) is 33.4 Å². The van der Waals surface area contributed by atoms with Gasteiger partial charge in [0.15, 0.2) is 0 Å². The smallest absolute Gasteiger partial charge is 0.271 e. The van der Waals surface area contributed by atoms with Gasteiger partial charge >= 0.3 is 0 Å². The molecule has 0 bridgehead atoms. The summed E-state index contributed by atoms with van der Waals surface area (Å²) in [5.41, 5.74) is 0.582. The lowest BCUT2D eigenvalue weighted by Gasteiger charge is -2.31. The molecular formula is C14H17N3O2S. The zero-order chi connectivity index (χ0) is 14.1. The van der Waals surface area contributed by atoms with Crippen LogP contribution in [0, 0.1) is 5.92 Å². The van der Waals surface area contributed by atoms with Crippen LogP contribution in [0.2, 0.25) is 0 Å². The van der Waals surface area contributed by atoms with Gasteiger partial charge in [-0.3, -0.25) is 14.2 Å². The van der Waals surface area contributed by atoms with Crippen LogP contribution in [0.5, 0.6) is 0 Å². The van der Waals surface area contributed by atoms with E-state index in [0.717, 1.165) is 19.5 Å². The molecule has 0 aromatic carbocycles. The van der Waals surface area contributed by atoms with E-state index >= 15 is 0 Å². The Bertz CT molecular complexity index is 691. The third-order valence-corrected chi connectivity index (χ3v) is 4.64. The van der Waals surface area contributed by atoms with Crippen molar-refractivity contribution in [2.75, 3.05) is 13.1 Å². The highest BCUT2D eigenvalue weighted by molar-refractivity contribution is 7.17. The van der Waals surface area contributed by atoms with Crippen LogP contribution in [0.25, 0.3) is 10.2 Å². The Kier molecular flexibility index (Phi) is 3.56. The first-order valence-corrected chi connectivity index (χ1v) is 7.73. The van der Waals surface area contributed by atoms with Crippen molar-refractivity contribution >= 4 is 27.5 Å². The molecule has 2 aromatic heterocycles. The summed E-state index contributed by atoms with van der Waals surface area (Å²) in [5.74, 6) is 0.554. The van der Waals surface area contributed by atoms with E-state index in [4.69, 9.17) is 0 Å². The molecule has 0 spiro atoms. The molecule has 1 aliphatic rings. The van der Waals surface area contributed by atoms with Crippen LogP contribution < -0.4 is 5.56 Å². The Morgan fingerprint density at radius 2 is 2.40 bits per heavy atom. The highest BCUT2D eigenvalue weighted by atomic mass is 32.1. The molecule has 0 N–H and O–H groups in total. The predicted octanol–water partition coefficient (Wildman–Crippen LogP) is 1.72. The summed E-state index contributed by atoms with van der Waals surface area (Å²) in [6, 6.07) is 1.82. The van der Waals surface area contributed by atoms with Crippen molar-refractivity contribution in [1.82, 2.24) is 14.5 Å². The molecule has 0 saturated carbocycles. The Balaban J connectivity index is 1.80. The van der Waals surface area contributed by atoms with E-state index in [1.807, 2.05) is 16.3 Å². The number of amides is 1. The molecule has 1 unspecified atom stereocenters. The Morgan fingerprint density at radius 3 is 3.20 bits per heavy atom. The number of piperidine rings is 1. The first kappa shape index (κ1) is 13.3. The van der Waals surface area contributed by atoms with E-state index in [-0.39, 0.29) is 18.0 Å². The molecule has 1 aliphatic heterocycles. The monoisotopic (exact) mass is 291 g/mol. The van der Waals surface area contributed by atoms with Crippen molar-refractivity contribution in [1.29, 1.82) is 0 Å². The number of fused-ring (bicyclic) bond motifs is 1. The summed E-state index contributed by atoms with van der Waals surface area (Å²) in [6.45, 7) is 3.84. The fraction of sp³-hybridized carbons (Fsp3) is 0.500. The lowest BCUT2D eigenvalue weighted by atomic mass is 10.0. The molecule has 2 aromatic rings. The van der Waals surface area contributed by atoms with E-state index in [9.17, 15) is 9.59 Å². The number of rotatable bonds is 2. The summed E-state index contributed by atoms with van der Waals surface area (Å²) in [6.07, 6.45) is 3.69. The van der Waals surface area contributed by atoms with Crippen LogP contribution in [0.3, 0.4) is 0 Å². The molecule has 1 saturated heterocycles. The molecule has 0 radical (unpaired) electrons. The van der Waals surface area contributed by atoms with Gasteiger partial charge in [0.05, 0.1) is 11.8 Å². The standard InChI is InChI=1S/C14H17N3O2S/c1-10-3-2-5-16(7-10)12(18)8-17-9-15-11-4-6-20-13(11)14(17)19/h4,6,9-10H,2-3,5,7-8H2,1H3. The fourth-order valence-electron chi connectivity index (χ4n) is 2.65. The van der Waals surface area contributed by atoms with E-state index in [1.165, 1.54) is 28.7 Å². The maximum atomic E-state index is 12.3. The van der Waals surface area contributed by atoms with E-state index < -0.39 is 0 Å². The van der Waals surface area contributed by atoms with Gasteiger partial charge in [0, 0.05) is 13.1 Å². The molecule has 1 amide bonds. The average molecular weight is 291 g/mol. The quantitative estimate of drug-likeness (QED) is 0.846. The van der Waals surface area contributed by atoms with Crippen molar-refractivity contribution in [3.8, 4) is 0 Å². The predicted molar refractivity (Wildman–Crippen MR) is 78.9 cm³/mol. The minimum Gasteiger partial charge on any atom is -0.341 e. The molecule has 6 heteroatoms. The first-order valence-electron chi connectivity index (χ1n) is 6.85. The highest BCUT2D eigenvalue weighted by Crippen LogP contribution is 2.16. The number of nitrogens with zero attached hydrogens (tertiary/aromatic N) is 3. The van der Waals surface area contributed by atoms with Gasteiger partial charge in [-0.05, 0) is 30.2 Å². The number of thiophene rings is 1. The minimum atomic E-state index is -0.122. The zero-order valence-electron chi connectivity index (χ0n) is 11.4. The van der Waals surface area contributed by atoms with E-state index in [1.54, 1.807) is 0 Å². The third kappa shape index (κ3) is 2.47. The number of carbonyl (C=O) groups is 1. The molecule has 1 fully saturated rings. The number of carbonyl (C=O) groups excluding carboxylic acids is 1. The molecule has 3 rings (SSSR count). The van der Waals surface area contributed by atoms with E-state index in [0.29, 0.717) is 16.1 Å². The average Bonchev–Trinajstić information content (AvgIpc) is 2.91. The normalized spacial score (nSPS) is 19.4. The minimum absolute atomic E-state index is 0.0105. The Morgan fingerprint density at radius 1 is 1.55 bits per heavy atom. The van der Waals surface area contributed by atoms with Crippen molar-refractivity contribution in [2.45, 2.75) is 26.3 Å². The van der Waals surface area contributed by atoms with Crippen LogP contribution in [0.1, 0.15) is 19.8 Å². The number of hydrogen-bond donors (Lipinski definition) is 0. The number of aromatic nitrogens is 2. The second kappa shape index (κ2) is 5.36. The molecule has 106 valence electrons. The summed E-state index contributed by atoms with van der Waals surface area (Å²) >= 11 is 1.37. The van der Waals surface area contributed by atoms with Gasteiger partial charge in [-0.15, -0.1) is 11.3 Å². The lowest BCUT2D eigenvalue weighted by molar-refractivity contribution is -0.133. The largest absolute Gasteiger partial charge is 0.341 e. The topological polar surface area (TPSA) is 55.2 Å². The van der Waals surface area contributed by atoms with Crippen molar-refractivity contribution in [3.63, 3.8) is 0 Å². The molecule has 3 heterocycles. The van der Waals surface area contributed by atoms with Gasteiger partial charge in [-0.1, -0.05) is 6.92 Å². The van der Waals surface area contributed by atoms with Gasteiger partial charge in [-0.25, -0.2) is 4.98 Å². The summed E-state index contributed by atoms with van der Waals surface area (Å²) in [7, 11) is 0. The third-order valence-electron chi connectivity index (χ3n) is 3.75. The Hall–Kier alpha value is -1.69. The first-order chi connectivity index (χ1) is 9.65. The molecule has 5 nitrogen and oxygen atoms in total. The number of likely N-dealkylation sites (tertiary alicyclic amines) is 1. The zero-order valence-corrected chi connectivity index (χ0v) is 12.2. The highest BCUT2D eigenvalue weighted by Gasteiger charge is 2.21. The van der Waals surface area contributed by atoms with Crippen molar-refractivity contribution < 1.29 is 4.79 Å². The van der Waals surface area contributed by atoms with E-state index in [2.05, 4.69) is 11.9 Å². The maximum Gasteiger partial charge on any atom is 0.271 e. The fourth-order valence-corrected chi connectivity index (χ4v) is 3.45. The van der Waals surface area contributed by atoms with Crippen molar-refractivity contribution in [2.24, 2.45) is 5.92 Å². The SMILES string of the molecule is CC1CCCN(C(=O)Cn2cnc3ccsc3c2=O)C1. The van der Waals surface area contributed by atoms with Crippen LogP contribution >= 0.6 is 11.3 Å².